The average molecular weight is 172 g/mol. The summed E-state index contributed by atoms with van der Waals surface area (Å²) in [6.07, 6.45) is 0. The highest BCUT2D eigenvalue weighted by Gasteiger charge is 1.81. The van der Waals surface area contributed by atoms with Crippen LogP contribution in [0.5, 0.6) is 0 Å². The molecule has 0 fully saturated rings. The molecule has 3 heteroatoms. The third kappa shape index (κ3) is 5.43. The Hall–Kier alpha value is -1.02. The van der Waals surface area contributed by atoms with Gasteiger partial charge in [0.05, 0.1) is 0 Å². The third-order valence-corrected chi connectivity index (χ3v) is 1.04. The molecule has 0 amide bonds. The van der Waals surface area contributed by atoms with E-state index >= 15 is 0 Å². The summed E-state index contributed by atoms with van der Waals surface area (Å²) in [5, 5.41) is 0. The first-order chi connectivity index (χ1) is 5.20. The van der Waals surface area contributed by atoms with Crippen molar-refractivity contribution in [3.05, 3.63) is 29.8 Å². The number of nitrogens with two attached hydrogens (primary N) is 1. The Bertz CT molecular complexity index is 208. The van der Waals surface area contributed by atoms with Crippen molar-refractivity contribution in [2.45, 2.75) is 6.92 Å². The number of rotatable bonds is 0. The number of aryl methyl sites for hydroxylation is 1. The molecule has 0 atom stereocenters. The Morgan fingerprint density at radius 3 is 2.36 bits per heavy atom. The van der Waals surface area contributed by atoms with Gasteiger partial charge in [-0.25, -0.2) is 0 Å². The van der Waals surface area contributed by atoms with Crippen LogP contribution in [-0.4, -0.2) is 5.75 Å². The van der Waals surface area contributed by atoms with Crippen molar-refractivity contribution in [3.8, 4) is 0 Å². The highest BCUT2D eigenvalue weighted by Crippen LogP contribution is 2.03. The van der Waals surface area contributed by atoms with E-state index < -0.39 is 0 Å². The monoisotopic (exact) mass is 171 g/mol. The zero-order valence-corrected chi connectivity index (χ0v) is 7.01. The van der Waals surface area contributed by atoms with Gasteiger partial charge in [-0.2, -0.15) is 0 Å². The maximum Gasteiger partial charge on any atom is 0.208 e. The van der Waals surface area contributed by atoms with Crippen molar-refractivity contribution < 1.29 is 4.79 Å². The molecule has 0 aromatic heterocycles. The van der Waals surface area contributed by atoms with Gasteiger partial charge in [-0.15, -0.1) is 0 Å². The summed E-state index contributed by atoms with van der Waals surface area (Å²) in [7, 11) is 0. The van der Waals surface area contributed by atoms with Crippen LogP contribution in [0.4, 0.5) is 5.69 Å². The van der Waals surface area contributed by atoms with Crippen LogP contribution < -0.4 is 5.73 Å². The van der Waals surface area contributed by atoms with Crippen LogP contribution in [0.2, 0.25) is 0 Å². The lowest BCUT2D eigenvalue weighted by atomic mass is 10.2. The molecule has 60 valence electrons. The van der Waals surface area contributed by atoms with E-state index in [-0.39, 0.29) is 5.75 Å². The highest BCUT2D eigenvalue weighted by molar-refractivity contribution is 6.54. The molecule has 1 aromatic carbocycles. The number of nitrogen functional groups attached to an aromatic ring is 1. The average Bonchev–Trinajstić information content (AvgIpc) is 1.88. The molecule has 0 spiro atoms. The molecule has 2 N–H and O–H groups in total. The Morgan fingerprint density at radius 2 is 2.09 bits per heavy atom. The van der Waals surface area contributed by atoms with E-state index in [0.29, 0.717) is 0 Å². The minimum Gasteiger partial charge on any atom is -0.399 e. The number of carbonyl (C=O) groups is 1. The minimum absolute atomic E-state index is 0.222. The van der Waals surface area contributed by atoms with Crippen LogP contribution in [0.3, 0.4) is 0 Å². The molecular weight excluding hydrogens is 162 g/mol. The number of anilines is 1. The predicted molar refractivity (Wildman–Crippen MR) is 48.2 cm³/mol. The summed E-state index contributed by atoms with van der Waals surface area (Å²) in [5.74, 6) is 0.222. The fourth-order valence-electron chi connectivity index (χ4n) is 0.670. The van der Waals surface area contributed by atoms with Crippen LogP contribution in [0, 0.1) is 6.92 Å². The van der Waals surface area contributed by atoms with E-state index in [2.05, 4.69) is 11.6 Å². The van der Waals surface area contributed by atoms with Crippen LogP contribution >= 0.6 is 11.6 Å². The van der Waals surface area contributed by atoms with Crippen LogP contribution in [0.25, 0.3) is 0 Å². The molecule has 0 saturated carbocycles. The van der Waals surface area contributed by atoms with Crippen LogP contribution in [0.15, 0.2) is 24.3 Å². The normalized spacial score (nSPS) is 7.82. The molecule has 11 heavy (non-hydrogen) atoms. The zero-order chi connectivity index (χ0) is 8.69. The first-order valence-corrected chi connectivity index (χ1v) is 3.50. The van der Waals surface area contributed by atoms with Crippen LogP contribution in [0.1, 0.15) is 5.56 Å². The molecular formula is C8H10ClNO. The summed E-state index contributed by atoms with van der Waals surface area (Å²) in [6.45, 7) is 2.02. The van der Waals surface area contributed by atoms with Gasteiger partial charge in [-0.1, -0.05) is 12.1 Å². The number of benzene rings is 1. The highest BCUT2D eigenvalue weighted by atomic mass is 35.5. The lowest BCUT2D eigenvalue weighted by Crippen LogP contribution is -1.82. The quantitative estimate of drug-likeness (QED) is 0.369. The Morgan fingerprint density at radius 1 is 1.55 bits per heavy atom. The molecule has 2 nitrogen and oxygen atoms in total. The van der Waals surface area contributed by atoms with Gasteiger partial charge in [0.2, 0.25) is 5.75 Å². The second-order valence-corrected chi connectivity index (χ2v) is 2.18. The lowest BCUT2D eigenvalue weighted by Gasteiger charge is -1.91. The van der Waals surface area contributed by atoms with Crippen molar-refractivity contribution in [2.75, 3.05) is 5.73 Å². The van der Waals surface area contributed by atoms with Gasteiger partial charge in [-0.05, 0) is 36.2 Å². The van der Waals surface area contributed by atoms with E-state index in [4.69, 9.17) is 10.5 Å². The van der Waals surface area contributed by atoms with Gasteiger partial charge in [0.25, 0.3) is 0 Å². The fourth-order valence-corrected chi connectivity index (χ4v) is 0.670. The van der Waals surface area contributed by atoms with E-state index in [9.17, 15) is 0 Å². The molecule has 0 radical (unpaired) electrons. The van der Waals surface area contributed by atoms with Gasteiger partial charge in [-0.3, -0.25) is 4.79 Å². The zero-order valence-electron chi connectivity index (χ0n) is 6.25. The minimum atomic E-state index is 0.222. The smallest absolute Gasteiger partial charge is 0.208 e. The van der Waals surface area contributed by atoms with Crippen LogP contribution in [-0.2, 0) is 4.79 Å². The van der Waals surface area contributed by atoms with E-state index in [1.54, 1.807) is 0 Å². The second-order valence-electron chi connectivity index (χ2n) is 2.00. The second kappa shape index (κ2) is 5.74. The summed E-state index contributed by atoms with van der Waals surface area (Å²) < 4.78 is 0. The molecule has 0 unspecified atom stereocenters. The molecule has 1 rings (SSSR count). The van der Waals surface area contributed by atoms with Crippen molar-refractivity contribution in [3.63, 3.8) is 0 Å². The molecule has 0 aliphatic rings. The number of hydrogen-bond acceptors (Lipinski definition) is 2. The molecule has 0 saturated heterocycles. The van der Waals surface area contributed by atoms with Gasteiger partial charge >= 0.3 is 0 Å². The predicted octanol–water partition coefficient (Wildman–Crippen LogP) is 1.99. The first-order valence-electron chi connectivity index (χ1n) is 3.06. The topological polar surface area (TPSA) is 43.1 Å². The SMILES string of the molecule is Cc1cccc(N)c1.O=CCl. The van der Waals surface area contributed by atoms with Crippen molar-refractivity contribution >= 4 is 23.0 Å². The standard InChI is InChI=1S/C7H9N.CHClO/c1-6-3-2-4-7(8)5-6;2-1-3/h2-5H,8H2,1H3;1H. The van der Waals surface area contributed by atoms with Crippen molar-refractivity contribution in [1.82, 2.24) is 0 Å². The van der Waals surface area contributed by atoms with Gasteiger partial charge in [0.1, 0.15) is 0 Å². The lowest BCUT2D eigenvalue weighted by molar-refractivity contribution is 0.569. The van der Waals surface area contributed by atoms with Gasteiger partial charge in [0, 0.05) is 5.69 Å². The summed E-state index contributed by atoms with van der Waals surface area (Å²) in [4.78, 5) is 8.57. The maximum atomic E-state index is 8.57. The number of carbonyl (C=O) groups excluding carboxylic acids is 1. The maximum absolute atomic E-state index is 8.57. The van der Waals surface area contributed by atoms with Crippen molar-refractivity contribution in [2.24, 2.45) is 0 Å². The fraction of sp³-hybridized carbons (Fsp3) is 0.125. The molecule has 1 aromatic rings. The van der Waals surface area contributed by atoms with E-state index in [0.717, 1.165) is 5.69 Å². The molecule has 0 heterocycles. The van der Waals surface area contributed by atoms with E-state index in [1.165, 1.54) is 5.56 Å². The van der Waals surface area contributed by atoms with Crippen molar-refractivity contribution in [1.29, 1.82) is 0 Å². The summed E-state index contributed by atoms with van der Waals surface area (Å²) in [5.41, 5.74) is 7.51. The molecule has 0 aliphatic carbocycles. The summed E-state index contributed by atoms with van der Waals surface area (Å²) >= 11 is 4.32. The van der Waals surface area contributed by atoms with E-state index in [1.807, 2.05) is 31.2 Å². The Balaban J connectivity index is 0.000000292. The molecule has 0 aliphatic heterocycles. The Kier molecular flexibility index (Phi) is 5.21. The number of hydrogen-bond donors (Lipinski definition) is 1. The first kappa shape index (κ1) is 9.98. The summed E-state index contributed by atoms with van der Waals surface area (Å²) in [6, 6.07) is 7.80. The van der Waals surface area contributed by atoms with Gasteiger partial charge < -0.3 is 5.73 Å². The number of halogens is 1. The largest absolute Gasteiger partial charge is 0.399 e. The Labute approximate surface area is 71.0 Å². The molecule has 0 bridgehead atoms. The van der Waals surface area contributed by atoms with Gasteiger partial charge in [0.15, 0.2) is 0 Å². The third-order valence-electron chi connectivity index (χ3n) is 1.04.